The van der Waals surface area contributed by atoms with Crippen molar-refractivity contribution in [2.45, 2.75) is 64.2 Å². The predicted molar refractivity (Wildman–Crippen MR) is 111 cm³/mol. The van der Waals surface area contributed by atoms with Crippen LogP contribution in [0.5, 0.6) is 0 Å². The maximum atomic E-state index is 6.20. The summed E-state index contributed by atoms with van der Waals surface area (Å²) >= 11 is 1.66. The molecule has 0 saturated carbocycles. The molecule has 2 aromatic rings. The van der Waals surface area contributed by atoms with Crippen LogP contribution >= 0.6 is 11.9 Å². The standard InChI is InChI=1S/C21H28BNO2S/c1-15-12-17(22-24-20(3,4)21(5,6)25-22)13-16(2)19(15)14-23-26-18-10-8-7-9-11-18/h7-13,23H,14H2,1-6H3. The molecule has 0 bridgehead atoms. The number of benzene rings is 2. The van der Waals surface area contributed by atoms with E-state index in [0.717, 1.165) is 12.0 Å². The van der Waals surface area contributed by atoms with Gasteiger partial charge in [0.15, 0.2) is 0 Å². The molecule has 1 fully saturated rings. The lowest BCUT2D eigenvalue weighted by molar-refractivity contribution is 0.00578. The van der Waals surface area contributed by atoms with Crippen LogP contribution in [0.25, 0.3) is 0 Å². The van der Waals surface area contributed by atoms with E-state index in [4.69, 9.17) is 9.31 Å². The first-order chi connectivity index (χ1) is 12.2. The first-order valence-corrected chi connectivity index (χ1v) is 9.92. The van der Waals surface area contributed by atoms with Gasteiger partial charge in [-0.15, -0.1) is 0 Å². The number of hydrogen-bond donors (Lipinski definition) is 1. The highest BCUT2D eigenvalue weighted by molar-refractivity contribution is 7.97. The van der Waals surface area contributed by atoms with Crippen molar-refractivity contribution in [3.63, 3.8) is 0 Å². The van der Waals surface area contributed by atoms with E-state index in [-0.39, 0.29) is 18.3 Å². The van der Waals surface area contributed by atoms with Gasteiger partial charge in [-0.05, 0) is 87.8 Å². The molecule has 3 rings (SSSR count). The highest BCUT2D eigenvalue weighted by Gasteiger charge is 2.51. The Morgan fingerprint density at radius 2 is 1.46 bits per heavy atom. The third kappa shape index (κ3) is 4.01. The summed E-state index contributed by atoms with van der Waals surface area (Å²) in [5.41, 5.74) is 4.32. The minimum absolute atomic E-state index is 0.307. The molecule has 0 unspecified atom stereocenters. The average Bonchev–Trinajstić information content (AvgIpc) is 2.79. The van der Waals surface area contributed by atoms with Crippen LogP contribution in [-0.4, -0.2) is 18.3 Å². The highest BCUT2D eigenvalue weighted by Crippen LogP contribution is 2.36. The molecule has 0 aliphatic carbocycles. The molecule has 0 aromatic heterocycles. The lowest BCUT2D eigenvalue weighted by Gasteiger charge is -2.32. The van der Waals surface area contributed by atoms with Crippen LogP contribution in [0, 0.1) is 13.8 Å². The van der Waals surface area contributed by atoms with Gasteiger partial charge in [0.05, 0.1) is 11.2 Å². The van der Waals surface area contributed by atoms with E-state index < -0.39 is 0 Å². The average molecular weight is 369 g/mol. The van der Waals surface area contributed by atoms with Gasteiger partial charge in [0.2, 0.25) is 0 Å². The second-order valence-corrected chi connectivity index (χ2v) is 8.92. The maximum absolute atomic E-state index is 6.20. The van der Waals surface area contributed by atoms with Crippen molar-refractivity contribution in [3.05, 3.63) is 59.2 Å². The summed E-state index contributed by atoms with van der Waals surface area (Å²) in [5, 5.41) is 0. The molecule has 1 heterocycles. The van der Waals surface area contributed by atoms with Crippen molar-refractivity contribution in [1.82, 2.24) is 4.72 Å². The molecule has 1 aliphatic heterocycles. The molecule has 0 amide bonds. The fourth-order valence-electron chi connectivity index (χ4n) is 3.10. The summed E-state index contributed by atoms with van der Waals surface area (Å²) in [5.74, 6) is 0. The Morgan fingerprint density at radius 3 is 2.00 bits per heavy atom. The van der Waals surface area contributed by atoms with Crippen LogP contribution in [-0.2, 0) is 15.9 Å². The first kappa shape index (κ1) is 19.5. The molecular weight excluding hydrogens is 341 g/mol. The van der Waals surface area contributed by atoms with Gasteiger partial charge in [0.25, 0.3) is 0 Å². The van der Waals surface area contributed by atoms with Gasteiger partial charge in [0.1, 0.15) is 0 Å². The Labute approximate surface area is 162 Å². The Hall–Kier alpha value is -1.27. The number of aryl methyl sites for hydroxylation is 2. The highest BCUT2D eigenvalue weighted by atomic mass is 32.2. The summed E-state index contributed by atoms with van der Waals surface area (Å²) in [4.78, 5) is 1.22. The lowest BCUT2D eigenvalue weighted by Crippen LogP contribution is -2.41. The zero-order valence-electron chi connectivity index (χ0n) is 16.6. The normalized spacial score (nSPS) is 18.3. The third-order valence-electron chi connectivity index (χ3n) is 5.43. The molecule has 0 atom stereocenters. The SMILES string of the molecule is Cc1cc(B2OC(C)(C)C(C)(C)O2)cc(C)c1CNSc1ccccc1. The van der Waals surface area contributed by atoms with Gasteiger partial charge >= 0.3 is 7.12 Å². The topological polar surface area (TPSA) is 30.5 Å². The van der Waals surface area contributed by atoms with E-state index in [2.05, 4.69) is 82.7 Å². The summed E-state index contributed by atoms with van der Waals surface area (Å²) in [6.07, 6.45) is 0. The zero-order chi connectivity index (χ0) is 18.9. The molecule has 26 heavy (non-hydrogen) atoms. The van der Waals surface area contributed by atoms with E-state index >= 15 is 0 Å². The van der Waals surface area contributed by atoms with Gasteiger partial charge in [-0.2, -0.15) is 0 Å². The van der Waals surface area contributed by atoms with Crippen molar-refractivity contribution in [2.75, 3.05) is 0 Å². The minimum atomic E-state index is -0.313. The Bertz CT molecular complexity index is 738. The Balaban J connectivity index is 1.71. The molecule has 3 nitrogen and oxygen atoms in total. The van der Waals surface area contributed by atoms with Crippen LogP contribution < -0.4 is 10.2 Å². The van der Waals surface area contributed by atoms with Crippen molar-refractivity contribution in [2.24, 2.45) is 0 Å². The maximum Gasteiger partial charge on any atom is 0.494 e. The van der Waals surface area contributed by atoms with E-state index in [9.17, 15) is 0 Å². The lowest BCUT2D eigenvalue weighted by atomic mass is 9.76. The number of hydrogen-bond acceptors (Lipinski definition) is 4. The van der Waals surface area contributed by atoms with Crippen LogP contribution in [0.3, 0.4) is 0 Å². The second-order valence-electron chi connectivity index (χ2n) is 7.96. The van der Waals surface area contributed by atoms with Gasteiger partial charge in [-0.3, -0.25) is 4.72 Å². The molecule has 1 N–H and O–H groups in total. The molecule has 0 spiro atoms. The van der Waals surface area contributed by atoms with Crippen molar-refractivity contribution < 1.29 is 9.31 Å². The number of nitrogens with one attached hydrogen (secondary N) is 1. The van der Waals surface area contributed by atoms with Crippen LogP contribution in [0.1, 0.15) is 44.4 Å². The van der Waals surface area contributed by atoms with E-state index in [0.29, 0.717) is 0 Å². The van der Waals surface area contributed by atoms with Crippen LogP contribution in [0.2, 0.25) is 0 Å². The predicted octanol–water partition coefficient (Wildman–Crippen LogP) is 4.40. The molecule has 138 valence electrons. The van der Waals surface area contributed by atoms with Crippen molar-refractivity contribution in [3.8, 4) is 0 Å². The van der Waals surface area contributed by atoms with E-state index in [1.54, 1.807) is 11.9 Å². The Kier molecular flexibility index (Phi) is 5.54. The van der Waals surface area contributed by atoms with Gasteiger partial charge in [-0.1, -0.05) is 30.3 Å². The quantitative estimate of drug-likeness (QED) is 0.625. The first-order valence-electron chi connectivity index (χ1n) is 9.10. The fourth-order valence-corrected chi connectivity index (χ4v) is 3.78. The molecule has 5 heteroatoms. The van der Waals surface area contributed by atoms with E-state index in [1.165, 1.54) is 21.6 Å². The summed E-state index contributed by atoms with van der Waals surface area (Å²) in [7, 11) is -0.307. The van der Waals surface area contributed by atoms with Crippen LogP contribution in [0.4, 0.5) is 0 Å². The Morgan fingerprint density at radius 1 is 0.923 bits per heavy atom. The fraction of sp³-hybridized carbons (Fsp3) is 0.429. The third-order valence-corrected chi connectivity index (χ3v) is 6.22. The van der Waals surface area contributed by atoms with Crippen molar-refractivity contribution in [1.29, 1.82) is 0 Å². The molecule has 0 radical (unpaired) electrons. The summed E-state index contributed by atoms with van der Waals surface area (Å²) in [6.45, 7) is 13.5. The van der Waals surface area contributed by atoms with Crippen molar-refractivity contribution >= 4 is 24.5 Å². The zero-order valence-corrected chi connectivity index (χ0v) is 17.4. The van der Waals surface area contributed by atoms with Gasteiger partial charge in [-0.25, -0.2) is 0 Å². The monoisotopic (exact) mass is 369 g/mol. The largest absolute Gasteiger partial charge is 0.494 e. The minimum Gasteiger partial charge on any atom is -0.399 e. The molecule has 1 aliphatic rings. The second kappa shape index (κ2) is 7.39. The molecule has 2 aromatic carbocycles. The van der Waals surface area contributed by atoms with Gasteiger partial charge < -0.3 is 9.31 Å². The van der Waals surface area contributed by atoms with Gasteiger partial charge in [0, 0.05) is 11.4 Å². The van der Waals surface area contributed by atoms with E-state index in [1.807, 2.05) is 6.07 Å². The van der Waals surface area contributed by atoms with Crippen LogP contribution in [0.15, 0.2) is 47.4 Å². The number of rotatable bonds is 5. The molecular formula is C21H28BNO2S. The molecule has 1 saturated heterocycles. The smallest absolute Gasteiger partial charge is 0.399 e. The summed E-state index contributed by atoms with van der Waals surface area (Å²) in [6, 6.07) is 14.8. The summed E-state index contributed by atoms with van der Waals surface area (Å²) < 4.78 is 15.9.